The minimum absolute atomic E-state index is 0.226. The molecule has 2 aliphatic carbocycles. The van der Waals surface area contributed by atoms with Gasteiger partial charge in [0.05, 0.1) is 23.2 Å². The zero-order chi connectivity index (χ0) is 11.5. The highest BCUT2D eigenvalue weighted by Gasteiger charge is 2.61. The summed E-state index contributed by atoms with van der Waals surface area (Å²) in [6, 6.07) is 8.80. The van der Waals surface area contributed by atoms with Crippen LogP contribution in [-0.2, 0) is 5.41 Å². The molecule has 0 atom stereocenters. The number of nitrogens with zero attached hydrogens (tertiary/aromatic N) is 2. The third-order valence-electron chi connectivity index (χ3n) is 4.52. The Morgan fingerprint density at radius 3 is 2.82 bits per heavy atom. The molecule has 2 saturated carbocycles. The first-order chi connectivity index (χ1) is 8.25. The van der Waals surface area contributed by atoms with Gasteiger partial charge in [0.2, 0.25) is 0 Å². The average molecular weight is 223 g/mol. The Bertz CT molecular complexity index is 635. The van der Waals surface area contributed by atoms with Crippen molar-refractivity contribution in [3.8, 4) is 6.07 Å². The summed E-state index contributed by atoms with van der Waals surface area (Å²) >= 11 is 0. The van der Waals surface area contributed by atoms with Crippen LogP contribution in [0.2, 0.25) is 0 Å². The second-order valence-corrected chi connectivity index (χ2v) is 5.72. The Kier molecular flexibility index (Phi) is 1.47. The Hall–Kier alpha value is -1.82. The van der Waals surface area contributed by atoms with E-state index in [-0.39, 0.29) is 5.41 Å². The third-order valence-corrected chi connectivity index (χ3v) is 4.52. The van der Waals surface area contributed by atoms with Crippen molar-refractivity contribution in [1.82, 2.24) is 10.2 Å². The van der Waals surface area contributed by atoms with E-state index in [2.05, 4.69) is 34.5 Å². The highest BCUT2D eigenvalue weighted by Crippen LogP contribution is 2.68. The molecule has 84 valence electrons. The predicted octanol–water partition coefficient (Wildman–Crippen LogP) is 2.90. The van der Waals surface area contributed by atoms with Gasteiger partial charge < -0.3 is 0 Å². The number of rotatable bonds is 1. The lowest BCUT2D eigenvalue weighted by atomic mass is 9.57. The molecule has 0 unspecified atom stereocenters. The molecule has 1 spiro atoms. The first-order valence-corrected chi connectivity index (χ1v) is 6.10. The van der Waals surface area contributed by atoms with E-state index in [4.69, 9.17) is 0 Å². The van der Waals surface area contributed by atoms with E-state index in [1.54, 1.807) is 0 Å². The van der Waals surface area contributed by atoms with Crippen molar-refractivity contribution in [2.75, 3.05) is 0 Å². The summed E-state index contributed by atoms with van der Waals surface area (Å²) in [4.78, 5) is 0. The number of H-pyrrole nitrogens is 1. The molecular formula is C14H13N3. The third kappa shape index (κ3) is 1.13. The fraction of sp³-hybridized carbons (Fsp3) is 0.429. The van der Waals surface area contributed by atoms with Gasteiger partial charge in [-0.05, 0) is 42.7 Å². The van der Waals surface area contributed by atoms with Crippen LogP contribution in [0.5, 0.6) is 0 Å². The smallest absolute Gasteiger partial charge is 0.0833 e. The molecule has 3 nitrogen and oxygen atoms in total. The van der Waals surface area contributed by atoms with Crippen molar-refractivity contribution < 1.29 is 0 Å². The van der Waals surface area contributed by atoms with Crippen LogP contribution < -0.4 is 0 Å². The number of hydrogen-bond acceptors (Lipinski definition) is 2. The van der Waals surface area contributed by atoms with Crippen LogP contribution in [0.3, 0.4) is 0 Å². The molecule has 0 bridgehead atoms. The van der Waals surface area contributed by atoms with Crippen LogP contribution >= 0.6 is 0 Å². The largest absolute Gasteiger partial charge is 0.278 e. The molecule has 2 aliphatic rings. The molecule has 0 saturated heterocycles. The molecule has 1 aromatic heterocycles. The molecule has 1 aromatic carbocycles. The quantitative estimate of drug-likeness (QED) is 0.808. The molecule has 0 aliphatic heterocycles. The maximum absolute atomic E-state index is 9.50. The number of aromatic nitrogens is 2. The lowest BCUT2D eigenvalue weighted by Crippen LogP contribution is -2.41. The van der Waals surface area contributed by atoms with E-state index >= 15 is 0 Å². The Balaban J connectivity index is 1.80. The van der Waals surface area contributed by atoms with E-state index in [0.29, 0.717) is 5.41 Å². The molecule has 3 heteroatoms. The summed E-state index contributed by atoms with van der Waals surface area (Å²) in [5.74, 6) is 0. The van der Waals surface area contributed by atoms with Crippen LogP contribution in [0.25, 0.3) is 10.9 Å². The Morgan fingerprint density at radius 2 is 2.12 bits per heavy atom. The van der Waals surface area contributed by atoms with Crippen LogP contribution in [-0.4, -0.2) is 10.2 Å². The highest BCUT2D eigenvalue weighted by molar-refractivity contribution is 5.79. The topological polar surface area (TPSA) is 52.5 Å². The molecule has 1 N–H and O–H groups in total. The fourth-order valence-electron chi connectivity index (χ4n) is 3.34. The predicted molar refractivity (Wildman–Crippen MR) is 64.3 cm³/mol. The summed E-state index contributed by atoms with van der Waals surface area (Å²) in [5.41, 5.74) is 2.51. The van der Waals surface area contributed by atoms with E-state index < -0.39 is 0 Å². The van der Waals surface area contributed by atoms with Gasteiger partial charge in [0.1, 0.15) is 0 Å². The molecule has 2 fully saturated rings. The normalized spacial score (nSPS) is 23.2. The number of nitrogens with one attached hydrogen (secondary N) is 1. The summed E-state index contributed by atoms with van der Waals surface area (Å²) in [7, 11) is 0. The number of hydrogen-bond donors (Lipinski definition) is 1. The molecule has 1 heterocycles. The highest BCUT2D eigenvalue weighted by atomic mass is 15.1. The monoisotopic (exact) mass is 223 g/mol. The molecule has 4 rings (SSSR count). The van der Waals surface area contributed by atoms with Gasteiger partial charge in [-0.1, -0.05) is 12.1 Å². The lowest BCUT2D eigenvalue weighted by Gasteiger charge is -2.43. The van der Waals surface area contributed by atoms with E-state index in [0.717, 1.165) is 29.3 Å². The molecule has 0 amide bonds. The standard InChI is InChI=1S/C14H13N3/c15-9-14(7-13(8-14)3-4-13)11-2-1-10-6-16-17-12(10)5-11/h1-2,5-6H,3-4,7-8H2,(H,16,17). The van der Waals surface area contributed by atoms with Crippen molar-refractivity contribution >= 4 is 10.9 Å². The van der Waals surface area contributed by atoms with Gasteiger partial charge in [-0.2, -0.15) is 10.4 Å². The maximum atomic E-state index is 9.50. The van der Waals surface area contributed by atoms with Gasteiger partial charge in [-0.15, -0.1) is 0 Å². The summed E-state index contributed by atoms with van der Waals surface area (Å²) < 4.78 is 0. The maximum Gasteiger partial charge on any atom is 0.0833 e. The van der Waals surface area contributed by atoms with Gasteiger partial charge >= 0.3 is 0 Å². The van der Waals surface area contributed by atoms with Crippen molar-refractivity contribution in [2.45, 2.75) is 31.1 Å². The zero-order valence-corrected chi connectivity index (χ0v) is 9.53. The Morgan fingerprint density at radius 1 is 1.29 bits per heavy atom. The molecular weight excluding hydrogens is 210 g/mol. The number of aromatic amines is 1. The summed E-state index contributed by atoms with van der Waals surface area (Å²) in [6.45, 7) is 0. The average Bonchev–Trinajstić information content (AvgIpc) is 2.95. The number of fused-ring (bicyclic) bond motifs is 1. The van der Waals surface area contributed by atoms with Crippen molar-refractivity contribution in [3.05, 3.63) is 30.0 Å². The summed E-state index contributed by atoms with van der Waals surface area (Å²) in [6.07, 6.45) is 6.57. The fourth-order valence-corrected chi connectivity index (χ4v) is 3.34. The second kappa shape index (κ2) is 2.70. The van der Waals surface area contributed by atoms with Crippen LogP contribution in [0.4, 0.5) is 0 Å². The first-order valence-electron chi connectivity index (χ1n) is 6.10. The molecule has 17 heavy (non-hydrogen) atoms. The van der Waals surface area contributed by atoms with E-state index in [1.165, 1.54) is 12.8 Å². The Labute approximate surface area is 99.4 Å². The van der Waals surface area contributed by atoms with Gasteiger partial charge in [-0.25, -0.2) is 0 Å². The van der Waals surface area contributed by atoms with Crippen molar-refractivity contribution in [3.63, 3.8) is 0 Å². The number of benzene rings is 1. The van der Waals surface area contributed by atoms with Gasteiger partial charge in [0.25, 0.3) is 0 Å². The minimum Gasteiger partial charge on any atom is -0.278 e. The lowest BCUT2D eigenvalue weighted by molar-refractivity contribution is 0.173. The zero-order valence-electron chi connectivity index (χ0n) is 9.53. The number of nitriles is 1. The van der Waals surface area contributed by atoms with Crippen LogP contribution in [0, 0.1) is 16.7 Å². The van der Waals surface area contributed by atoms with Crippen LogP contribution in [0.1, 0.15) is 31.2 Å². The van der Waals surface area contributed by atoms with Gasteiger partial charge in [-0.3, -0.25) is 5.10 Å². The SMILES string of the molecule is N#CC1(c2ccc3cn[nH]c3c2)CC2(CC2)C1. The first kappa shape index (κ1) is 9.23. The van der Waals surface area contributed by atoms with E-state index in [1.807, 2.05) is 6.20 Å². The van der Waals surface area contributed by atoms with E-state index in [9.17, 15) is 5.26 Å². The molecule has 0 radical (unpaired) electrons. The van der Waals surface area contributed by atoms with Gasteiger partial charge in [0, 0.05) is 5.39 Å². The summed E-state index contributed by atoms with van der Waals surface area (Å²) in [5, 5.41) is 17.6. The van der Waals surface area contributed by atoms with Crippen molar-refractivity contribution in [1.29, 1.82) is 5.26 Å². The minimum atomic E-state index is -0.226. The molecule has 2 aromatic rings. The van der Waals surface area contributed by atoms with Crippen LogP contribution in [0.15, 0.2) is 24.4 Å². The van der Waals surface area contributed by atoms with Crippen molar-refractivity contribution in [2.24, 2.45) is 5.41 Å². The van der Waals surface area contributed by atoms with Gasteiger partial charge in [0.15, 0.2) is 0 Å². The second-order valence-electron chi connectivity index (χ2n) is 5.72.